The molecule has 1 aliphatic rings. The molecule has 0 N–H and O–H groups in total. The predicted octanol–water partition coefficient (Wildman–Crippen LogP) is 3.73. The van der Waals surface area contributed by atoms with Crippen LogP contribution in [-0.4, -0.2) is 12.2 Å². The van der Waals surface area contributed by atoms with Crippen molar-refractivity contribution in [2.75, 3.05) is 0 Å². The van der Waals surface area contributed by atoms with Gasteiger partial charge in [-0.2, -0.15) is 0 Å². The van der Waals surface area contributed by atoms with Gasteiger partial charge in [0.1, 0.15) is 0 Å². The van der Waals surface area contributed by atoms with Gasteiger partial charge in [-0.3, -0.25) is 0 Å². The van der Waals surface area contributed by atoms with Gasteiger partial charge in [-0.1, -0.05) is 41.5 Å². The molecule has 84 valence electrons. The number of ether oxygens (including phenoxy) is 1. The van der Waals surface area contributed by atoms with Crippen molar-refractivity contribution in [3.05, 3.63) is 0 Å². The molecule has 1 fully saturated rings. The Morgan fingerprint density at radius 3 is 2.00 bits per heavy atom. The van der Waals surface area contributed by atoms with Crippen molar-refractivity contribution in [2.24, 2.45) is 23.7 Å². The highest BCUT2D eigenvalue weighted by Crippen LogP contribution is 2.38. The van der Waals surface area contributed by atoms with E-state index in [1.54, 1.807) is 0 Å². The fourth-order valence-electron chi connectivity index (χ4n) is 2.80. The molecule has 1 nitrogen and oxygen atoms in total. The molecule has 3 unspecified atom stereocenters. The minimum atomic E-state index is 0.464. The zero-order valence-electron chi connectivity index (χ0n) is 10.6. The fraction of sp³-hybridized carbons (Fsp3) is 1.00. The Kier molecular flexibility index (Phi) is 4.00. The van der Waals surface area contributed by atoms with Gasteiger partial charge in [0.2, 0.25) is 0 Å². The molecule has 0 aromatic carbocycles. The van der Waals surface area contributed by atoms with Crippen LogP contribution in [0.15, 0.2) is 0 Å². The third kappa shape index (κ3) is 2.13. The first-order chi connectivity index (χ1) is 6.49. The first-order valence-electron chi connectivity index (χ1n) is 6.14. The average molecular weight is 198 g/mol. The molecule has 1 saturated heterocycles. The van der Waals surface area contributed by atoms with Crippen LogP contribution in [0.2, 0.25) is 0 Å². The predicted molar refractivity (Wildman–Crippen MR) is 61.3 cm³/mol. The van der Waals surface area contributed by atoms with E-state index in [0.29, 0.717) is 30.0 Å². The standard InChI is InChI=1S/C13H26O/c1-7-12-10(5)9(4)11(6)13(14-12)8(2)3/h8-13H,7H2,1-6H3/t9-,10+,11?,12?,13?/m1/s1. The molecule has 1 rings (SSSR count). The quantitative estimate of drug-likeness (QED) is 0.657. The fourth-order valence-corrected chi connectivity index (χ4v) is 2.80. The van der Waals surface area contributed by atoms with Crippen molar-refractivity contribution in [1.29, 1.82) is 0 Å². The van der Waals surface area contributed by atoms with E-state index in [-0.39, 0.29) is 0 Å². The summed E-state index contributed by atoms with van der Waals surface area (Å²) in [7, 11) is 0. The van der Waals surface area contributed by atoms with Crippen molar-refractivity contribution in [3.63, 3.8) is 0 Å². The normalized spacial score (nSPS) is 44.4. The topological polar surface area (TPSA) is 9.23 Å². The smallest absolute Gasteiger partial charge is 0.0630 e. The number of rotatable bonds is 2. The molecular weight excluding hydrogens is 172 g/mol. The summed E-state index contributed by atoms with van der Waals surface area (Å²) in [6, 6.07) is 0. The molecule has 0 saturated carbocycles. The Balaban J connectivity index is 2.73. The second-order valence-electron chi connectivity index (χ2n) is 5.37. The average Bonchev–Trinajstić information content (AvgIpc) is 2.14. The maximum atomic E-state index is 6.19. The molecule has 0 amide bonds. The Labute approximate surface area is 89.2 Å². The maximum absolute atomic E-state index is 6.19. The van der Waals surface area contributed by atoms with E-state index in [0.717, 1.165) is 12.3 Å². The SMILES string of the molecule is CCC1OC(C(C)C)C(C)[C@H](C)[C@@H]1C. The van der Waals surface area contributed by atoms with E-state index in [4.69, 9.17) is 4.74 Å². The number of hydrogen-bond donors (Lipinski definition) is 0. The van der Waals surface area contributed by atoms with Crippen LogP contribution in [0.25, 0.3) is 0 Å². The third-order valence-electron chi connectivity index (χ3n) is 4.15. The molecule has 1 heteroatoms. The van der Waals surface area contributed by atoms with E-state index in [1.165, 1.54) is 0 Å². The van der Waals surface area contributed by atoms with Gasteiger partial charge in [-0.15, -0.1) is 0 Å². The zero-order chi connectivity index (χ0) is 10.9. The summed E-state index contributed by atoms with van der Waals surface area (Å²) in [4.78, 5) is 0. The van der Waals surface area contributed by atoms with E-state index < -0.39 is 0 Å². The lowest BCUT2D eigenvalue weighted by Crippen LogP contribution is -2.46. The van der Waals surface area contributed by atoms with Crippen molar-refractivity contribution in [2.45, 2.75) is 60.2 Å². The largest absolute Gasteiger partial charge is 0.374 e. The first-order valence-corrected chi connectivity index (χ1v) is 6.14. The van der Waals surface area contributed by atoms with Crippen LogP contribution >= 0.6 is 0 Å². The summed E-state index contributed by atoms with van der Waals surface area (Å²) in [5.41, 5.74) is 0. The van der Waals surface area contributed by atoms with Crippen LogP contribution in [0.4, 0.5) is 0 Å². The second kappa shape index (κ2) is 4.65. The maximum Gasteiger partial charge on any atom is 0.0630 e. The summed E-state index contributed by atoms with van der Waals surface area (Å²) in [6.07, 6.45) is 2.10. The van der Waals surface area contributed by atoms with Gasteiger partial charge >= 0.3 is 0 Å². The number of hydrogen-bond acceptors (Lipinski definition) is 1. The lowest BCUT2D eigenvalue weighted by atomic mass is 9.73. The minimum absolute atomic E-state index is 0.464. The Morgan fingerprint density at radius 1 is 1.00 bits per heavy atom. The van der Waals surface area contributed by atoms with Crippen LogP contribution in [-0.2, 0) is 4.74 Å². The highest BCUT2D eigenvalue weighted by atomic mass is 16.5. The molecule has 14 heavy (non-hydrogen) atoms. The van der Waals surface area contributed by atoms with Gasteiger partial charge < -0.3 is 4.74 Å². The summed E-state index contributed by atoms with van der Waals surface area (Å²) in [5, 5.41) is 0. The molecule has 0 aliphatic carbocycles. The molecule has 0 bridgehead atoms. The Morgan fingerprint density at radius 2 is 1.57 bits per heavy atom. The lowest BCUT2D eigenvalue weighted by Gasteiger charge is -2.45. The Bertz CT molecular complexity index is 174. The van der Waals surface area contributed by atoms with Gasteiger partial charge in [0.05, 0.1) is 12.2 Å². The van der Waals surface area contributed by atoms with E-state index in [1.807, 2.05) is 0 Å². The van der Waals surface area contributed by atoms with Crippen LogP contribution < -0.4 is 0 Å². The highest BCUT2D eigenvalue weighted by molar-refractivity contribution is 4.86. The van der Waals surface area contributed by atoms with Gasteiger partial charge in [-0.05, 0) is 30.1 Å². The van der Waals surface area contributed by atoms with Crippen LogP contribution in [0.1, 0.15) is 48.0 Å². The van der Waals surface area contributed by atoms with Crippen LogP contribution in [0.5, 0.6) is 0 Å². The van der Waals surface area contributed by atoms with Gasteiger partial charge in [0.25, 0.3) is 0 Å². The molecular formula is C13H26O. The van der Waals surface area contributed by atoms with Gasteiger partial charge in [0, 0.05) is 0 Å². The zero-order valence-corrected chi connectivity index (χ0v) is 10.6. The lowest BCUT2D eigenvalue weighted by molar-refractivity contribution is -0.149. The third-order valence-corrected chi connectivity index (χ3v) is 4.15. The van der Waals surface area contributed by atoms with Gasteiger partial charge in [-0.25, -0.2) is 0 Å². The van der Waals surface area contributed by atoms with Crippen LogP contribution in [0.3, 0.4) is 0 Å². The summed E-state index contributed by atoms with van der Waals surface area (Å²) in [6.45, 7) is 13.9. The summed E-state index contributed by atoms with van der Waals surface area (Å²) < 4.78 is 6.19. The summed E-state index contributed by atoms with van der Waals surface area (Å²) in [5.74, 6) is 2.85. The molecule has 0 spiro atoms. The highest BCUT2D eigenvalue weighted by Gasteiger charge is 2.39. The molecule has 0 aromatic heterocycles. The van der Waals surface area contributed by atoms with Crippen molar-refractivity contribution in [1.82, 2.24) is 0 Å². The van der Waals surface area contributed by atoms with E-state index in [9.17, 15) is 0 Å². The molecule has 5 atom stereocenters. The van der Waals surface area contributed by atoms with Crippen molar-refractivity contribution >= 4 is 0 Å². The molecule has 1 aliphatic heterocycles. The second-order valence-corrected chi connectivity index (χ2v) is 5.37. The molecule has 1 heterocycles. The summed E-state index contributed by atoms with van der Waals surface area (Å²) >= 11 is 0. The molecule has 0 aromatic rings. The van der Waals surface area contributed by atoms with Crippen molar-refractivity contribution in [3.8, 4) is 0 Å². The van der Waals surface area contributed by atoms with E-state index >= 15 is 0 Å². The minimum Gasteiger partial charge on any atom is -0.374 e. The Hall–Kier alpha value is -0.0400. The molecule has 0 radical (unpaired) electrons. The van der Waals surface area contributed by atoms with E-state index in [2.05, 4.69) is 41.5 Å². The van der Waals surface area contributed by atoms with Crippen LogP contribution in [0, 0.1) is 23.7 Å². The van der Waals surface area contributed by atoms with Crippen molar-refractivity contribution < 1.29 is 4.74 Å². The van der Waals surface area contributed by atoms with Gasteiger partial charge in [0.15, 0.2) is 0 Å². The first kappa shape index (κ1) is 12.0. The monoisotopic (exact) mass is 198 g/mol.